The molecular weight excluding hydrogens is 332 g/mol. The van der Waals surface area contributed by atoms with Crippen LogP contribution in [0.3, 0.4) is 0 Å². The van der Waals surface area contributed by atoms with E-state index in [1.807, 2.05) is 0 Å². The molecule has 2 aromatic rings. The van der Waals surface area contributed by atoms with Gasteiger partial charge in [0.25, 0.3) is 11.7 Å². The molecule has 1 atom stereocenters. The molecule has 1 saturated heterocycles. The molecule has 2 aliphatic rings. The number of hydrogen-bond acceptors (Lipinski definition) is 5. The number of rotatable bonds is 3. The minimum Gasteiger partial charge on any atom is -0.507 e. The number of aliphatic hydroxyl groups is 1. The molecule has 1 unspecified atom stereocenters. The predicted octanol–water partition coefficient (Wildman–Crippen LogP) is 3.43. The molecule has 0 aromatic carbocycles. The zero-order chi connectivity index (χ0) is 18.1. The fourth-order valence-corrected chi connectivity index (χ4v) is 3.98. The zero-order valence-electron chi connectivity index (χ0n) is 14.3. The molecule has 2 fully saturated rings. The van der Waals surface area contributed by atoms with Gasteiger partial charge in [0.2, 0.25) is 0 Å². The van der Waals surface area contributed by atoms with Gasteiger partial charge in [-0.25, -0.2) is 0 Å². The maximum absolute atomic E-state index is 12.8. The van der Waals surface area contributed by atoms with Crippen LogP contribution in [0.1, 0.15) is 49.5 Å². The van der Waals surface area contributed by atoms with Crippen LogP contribution in [-0.2, 0) is 9.59 Å². The molecule has 0 bridgehead atoms. The number of ketones is 1. The van der Waals surface area contributed by atoms with Gasteiger partial charge in [-0.1, -0.05) is 19.3 Å². The number of nitrogens with zero attached hydrogens (tertiary/aromatic N) is 2. The summed E-state index contributed by atoms with van der Waals surface area (Å²) < 4.78 is 5.55. The summed E-state index contributed by atoms with van der Waals surface area (Å²) in [7, 11) is 0. The highest BCUT2D eigenvalue weighted by Gasteiger charge is 2.50. The number of hydrogen-bond donors (Lipinski definition) is 1. The second-order valence-corrected chi connectivity index (χ2v) is 6.75. The molecule has 26 heavy (non-hydrogen) atoms. The van der Waals surface area contributed by atoms with Crippen LogP contribution in [0.15, 0.2) is 52.9 Å². The molecular formula is C20H20N2O4. The summed E-state index contributed by atoms with van der Waals surface area (Å²) in [5.41, 5.74) is 0.542. The van der Waals surface area contributed by atoms with Crippen LogP contribution < -0.4 is 0 Å². The molecule has 2 aromatic heterocycles. The first-order valence-corrected chi connectivity index (χ1v) is 8.92. The highest BCUT2D eigenvalue weighted by molar-refractivity contribution is 6.46. The van der Waals surface area contributed by atoms with Crippen molar-refractivity contribution in [3.8, 4) is 0 Å². The Kier molecular flexibility index (Phi) is 4.32. The van der Waals surface area contributed by atoms with Crippen molar-refractivity contribution in [2.45, 2.75) is 44.2 Å². The van der Waals surface area contributed by atoms with Gasteiger partial charge in [0.05, 0.1) is 11.8 Å². The lowest BCUT2D eigenvalue weighted by Crippen LogP contribution is -2.40. The Morgan fingerprint density at radius 2 is 1.85 bits per heavy atom. The molecule has 1 saturated carbocycles. The molecule has 0 spiro atoms. The third-order valence-electron chi connectivity index (χ3n) is 5.21. The number of furan rings is 1. The SMILES string of the molecule is O=C1C(=O)N(C2CCCCC2)C(c2ccco2)/C1=C(/O)c1ccncc1. The normalized spacial score (nSPS) is 23.5. The summed E-state index contributed by atoms with van der Waals surface area (Å²) in [5, 5.41) is 10.8. The van der Waals surface area contributed by atoms with Crippen molar-refractivity contribution >= 4 is 17.4 Å². The van der Waals surface area contributed by atoms with Gasteiger partial charge in [0.1, 0.15) is 17.6 Å². The lowest BCUT2D eigenvalue weighted by molar-refractivity contribution is -0.142. The molecule has 0 radical (unpaired) electrons. The van der Waals surface area contributed by atoms with Crippen molar-refractivity contribution in [2.75, 3.05) is 0 Å². The molecule has 6 nitrogen and oxygen atoms in total. The second-order valence-electron chi connectivity index (χ2n) is 6.75. The third-order valence-corrected chi connectivity index (χ3v) is 5.21. The summed E-state index contributed by atoms with van der Waals surface area (Å²) in [6, 6.07) is 5.99. The van der Waals surface area contributed by atoms with Crippen molar-refractivity contribution in [1.82, 2.24) is 9.88 Å². The Morgan fingerprint density at radius 1 is 1.12 bits per heavy atom. The van der Waals surface area contributed by atoms with Gasteiger partial charge in [-0.2, -0.15) is 0 Å². The molecule has 3 heterocycles. The van der Waals surface area contributed by atoms with E-state index in [4.69, 9.17) is 4.42 Å². The number of aliphatic hydroxyl groups excluding tert-OH is 1. The van der Waals surface area contributed by atoms with Crippen molar-refractivity contribution < 1.29 is 19.1 Å². The number of aromatic nitrogens is 1. The van der Waals surface area contributed by atoms with Crippen LogP contribution in [0.2, 0.25) is 0 Å². The first-order chi connectivity index (χ1) is 12.7. The van der Waals surface area contributed by atoms with Gasteiger partial charge in [-0.05, 0) is 37.1 Å². The smallest absolute Gasteiger partial charge is 0.296 e. The van der Waals surface area contributed by atoms with Gasteiger partial charge in [-0.15, -0.1) is 0 Å². The molecule has 1 aliphatic carbocycles. The number of pyridine rings is 1. The van der Waals surface area contributed by atoms with E-state index in [-0.39, 0.29) is 17.4 Å². The summed E-state index contributed by atoms with van der Waals surface area (Å²) in [6.07, 6.45) is 9.51. The minimum absolute atomic E-state index is 0.0157. The van der Waals surface area contributed by atoms with Crippen LogP contribution >= 0.6 is 0 Å². The minimum atomic E-state index is -0.693. The first-order valence-electron chi connectivity index (χ1n) is 8.92. The predicted molar refractivity (Wildman–Crippen MR) is 94.0 cm³/mol. The lowest BCUT2D eigenvalue weighted by atomic mass is 9.92. The summed E-state index contributed by atoms with van der Waals surface area (Å²) >= 11 is 0. The van der Waals surface area contributed by atoms with Crippen LogP contribution in [0.5, 0.6) is 0 Å². The highest BCUT2D eigenvalue weighted by Crippen LogP contribution is 2.42. The van der Waals surface area contributed by atoms with Crippen LogP contribution in [0, 0.1) is 0 Å². The van der Waals surface area contributed by atoms with E-state index in [2.05, 4.69) is 4.98 Å². The van der Waals surface area contributed by atoms with Gasteiger partial charge < -0.3 is 14.4 Å². The van der Waals surface area contributed by atoms with Crippen molar-refractivity contribution in [2.24, 2.45) is 0 Å². The van der Waals surface area contributed by atoms with E-state index in [9.17, 15) is 14.7 Å². The lowest BCUT2D eigenvalue weighted by Gasteiger charge is -2.34. The van der Waals surface area contributed by atoms with Gasteiger partial charge in [-0.3, -0.25) is 14.6 Å². The number of carbonyl (C=O) groups excluding carboxylic acids is 2. The molecule has 6 heteroatoms. The van der Waals surface area contributed by atoms with E-state index in [0.717, 1.165) is 32.1 Å². The largest absolute Gasteiger partial charge is 0.507 e. The quantitative estimate of drug-likeness (QED) is 0.520. The molecule has 4 rings (SSSR count). The monoisotopic (exact) mass is 352 g/mol. The summed E-state index contributed by atoms with van der Waals surface area (Å²) in [4.78, 5) is 31.2. The number of likely N-dealkylation sites (tertiary alicyclic amines) is 1. The third kappa shape index (κ3) is 2.71. The van der Waals surface area contributed by atoms with Gasteiger partial charge in [0, 0.05) is 24.0 Å². The second kappa shape index (κ2) is 6.78. The van der Waals surface area contributed by atoms with Crippen LogP contribution in [-0.4, -0.2) is 32.7 Å². The number of Topliss-reactive ketones (excluding diaryl/α,β-unsaturated/α-hetero) is 1. The summed E-state index contributed by atoms with van der Waals surface area (Å²) in [6.45, 7) is 0. The standard InChI is InChI=1S/C20H20N2O4/c23-18(13-8-10-21-11-9-13)16-17(15-7-4-12-26-15)22(20(25)19(16)24)14-5-2-1-3-6-14/h4,7-12,14,17,23H,1-3,5-6H2/b18-16-. The molecule has 1 aliphatic heterocycles. The first kappa shape index (κ1) is 16.6. The fraction of sp³-hybridized carbons (Fsp3) is 0.350. The number of amides is 1. The zero-order valence-corrected chi connectivity index (χ0v) is 14.3. The Morgan fingerprint density at radius 3 is 2.50 bits per heavy atom. The highest BCUT2D eigenvalue weighted by atomic mass is 16.3. The van der Waals surface area contributed by atoms with E-state index in [1.54, 1.807) is 29.2 Å². The van der Waals surface area contributed by atoms with E-state index >= 15 is 0 Å². The van der Waals surface area contributed by atoms with E-state index < -0.39 is 17.7 Å². The van der Waals surface area contributed by atoms with Crippen LogP contribution in [0.25, 0.3) is 5.76 Å². The van der Waals surface area contributed by atoms with Crippen molar-refractivity contribution in [1.29, 1.82) is 0 Å². The van der Waals surface area contributed by atoms with E-state index in [0.29, 0.717) is 11.3 Å². The van der Waals surface area contributed by atoms with Crippen molar-refractivity contribution in [3.63, 3.8) is 0 Å². The fourth-order valence-electron chi connectivity index (χ4n) is 3.98. The van der Waals surface area contributed by atoms with E-state index in [1.165, 1.54) is 18.7 Å². The Hall–Kier alpha value is -2.89. The molecule has 1 N–H and O–H groups in total. The summed E-state index contributed by atoms with van der Waals surface area (Å²) in [5.74, 6) is -0.920. The average molecular weight is 352 g/mol. The Bertz CT molecular complexity index is 836. The Balaban J connectivity index is 1.84. The maximum Gasteiger partial charge on any atom is 0.296 e. The topological polar surface area (TPSA) is 83.6 Å². The van der Waals surface area contributed by atoms with Gasteiger partial charge >= 0.3 is 0 Å². The number of carbonyl (C=O) groups is 2. The Labute approximate surface area is 151 Å². The van der Waals surface area contributed by atoms with Crippen molar-refractivity contribution in [3.05, 3.63) is 59.8 Å². The molecule has 1 amide bonds. The maximum atomic E-state index is 12.8. The van der Waals surface area contributed by atoms with Crippen LogP contribution in [0.4, 0.5) is 0 Å². The average Bonchev–Trinajstić information content (AvgIpc) is 3.30. The molecule has 134 valence electrons. The van der Waals surface area contributed by atoms with Gasteiger partial charge in [0.15, 0.2) is 0 Å².